The third-order valence-electron chi connectivity index (χ3n) is 1.56. The number of halogens is 1. The molecule has 64 valence electrons. The Morgan fingerprint density at radius 3 is 2.92 bits per heavy atom. The van der Waals surface area contributed by atoms with Gasteiger partial charge in [-0.25, -0.2) is 0 Å². The van der Waals surface area contributed by atoms with Crippen LogP contribution in [0.15, 0.2) is 22.7 Å². The van der Waals surface area contributed by atoms with Crippen molar-refractivity contribution in [3.05, 3.63) is 28.2 Å². The maximum absolute atomic E-state index is 10.1. The molecular formula is C9H10BrNO. The Kier molecular flexibility index (Phi) is 3.29. The van der Waals surface area contributed by atoms with Crippen LogP contribution in [0.3, 0.4) is 0 Å². The lowest BCUT2D eigenvalue weighted by Gasteiger charge is -2.06. The van der Waals surface area contributed by atoms with Crippen molar-refractivity contribution in [1.29, 1.82) is 0 Å². The first-order chi connectivity index (χ1) is 5.74. The Labute approximate surface area is 80.1 Å². The zero-order valence-corrected chi connectivity index (χ0v) is 8.39. The van der Waals surface area contributed by atoms with Crippen LogP contribution >= 0.6 is 15.9 Å². The molecule has 12 heavy (non-hydrogen) atoms. The number of anilines is 1. The molecule has 0 atom stereocenters. The van der Waals surface area contributed by atoms with Gasteiger partial charge in [-0.2, -0.15) is 0 Å². The predicted octanol–water partition coefficient (Wildman–Crippen LogP) is 2.37. The summed E-state index contributed by atoms with van der Waals surface area (Å²) in [4.78, 5) is 10.1. The first kappa shape index (κ1) is 9.26. The first-order valence-corrected chi connectivity index (χ1v) is 4.47. The first-order valence-electron chi connectivity index (χ1n) is 3.67. The van der Waals surface area contributed by atoms with Crippen molar-refractivity contribution in [2.24, 2.45) is 0 Å². The number of aryl methyl sites for hydroxylation is 1. The van der Waals surface area contributed by atoms with Crippen LogP contribution in [0.5, 0.6) is 0 Å². The number of rotatable bonds is 3. The highest BCUT2D eigenvalue weighted by Crippen LogP contribution is 2.19. The highest BCUT2D eigenvalue weighted by Gasteiger charge is 1.96. The van der Waals surface area contributed by atoms with E-state index >= 15 is 0 Å². The number of hydrogen-bond donors (Lipinski definition) is 1. The minimum absolute atomic E-state index is 0.364. The largest absolute Gasteiger partial charge is 0.378 e. The van der Waals surface area contributed by atoms with Gasteiger partial charge in [0.05, 0.1) is 6.54 Å². The van der Waals surface area contributed by atoms with Gasteiger partial charge in [0.1, 0.15) is 6.29 Å². The van der Waals surface area contributed by atoms with E-state index in [0.29, 0.717) is 6.54 Å². The van der Waals surface area contributed by atoms with E-state index in [9.17, 15) is 4.79 Å². The second-order valence-electron chi connectivity index (χ2n) is 2.51. The molecular weight excluding hydrogens is 218 g/mol. The molecule has 0 radical (unpaired) electrons. The highest BCUT2D eigenvalue weighted by molar-refractivity contribution is 9.10. The minimum Gasteiger partial charge on any atom is -0.378 e. The number of carbonyl (C=O) groups excluding carboxylic acids is 1. The molecule has 0 aliphatic rings. The van der Waals surface area contributed by atoms with Crippen LogP contribution in [-0.2, 0) is 4.79 Å². The molecule has 0 unspecified atom stereocenters. The molecule has 0 aliphatic carbocycles. The van der Waals surface area contributed by atoms with Crippen LogP contribution in [0.2, 0.25) is 0 Å². The van der Waals surface area contributed by atoms with E-state index in [-0.39, 0.29) is 0 Å². The van der Waals surface area contributed by atoms with Gasteiger partial charge in [0.2, 0.25) is 0 Å². The number of hydrogen-bond acceptors (Lipinski definition) is 2. The summed E-state index contributed by atoms with van der Waals surface area (Å²) in [5.41, 5.74) is 2.14. The molecule has 0 saturated heterocycles. The average molecular weight is 228 g/mol. The molecule has 0 spiro atoms. The van der Waals surface area contributed by atoms with E-state index < -0.39 is 0 Å². The van der Waals surface area contributed by atoms with E-state index in [1.165, 1.54) is 0 Å². The third kappa shape index (κ3) is 2.34. The zero-order chi connectivity index (χ0) is 8.97. The van der Waals surface area contributed by atoms with Gasteiger partial charge in [-0.15, -0.1) is 0 Å². The summed E-state index contributed by atoms with van der Waals surface area (Å²) >= 11 is 3.37. The van der Waals surface area contributed by atoms with Crippen molar-refractivity contribution >= 4 is 27.9 Å². The van der Waals surface area contributed by atoms with Crippen LogP contribution in [0.1, 0.15) is 5.56 Å². The second-order valence-corrected chi connectivity index (χ2v) is 3.42. The molecule has 1 aromatic carbocycles. The molecule has 1 rings (SSSR count). The van der Waals surface area contributed by atoms with Crippen molar-refractivity contribution in [1.82, 2.24) is 0 Å². The monoisotopic (exact) mass is 227 g/mol. The number of benzene rings is 1. The highest BCUT2D eigenvalue weighted by atomic mass is 79.9. The molecule has 0 saturated carbocycles. The van der Waals surface area contributed by atoms with Crippen LogP contribution < -0.4 is 5.32 Å². The van der Waals surface area contributed by atoms with Crippen molar-refractivity contribution in [3.8, 4) is 0 Å². The van der Waals surface area contributed by atoms with Crippen LogP contribution in [0.25, 0.3) is 0 Å². The van der Waals surface area contributed by atoms with E-state index in [4.69, 9.17) is 0 Å². The fraction of sp³-hybridized carbons (Fsp3) is 0.222. The van der Waals surface area contributed by atoms with E-state index in [2.05, 4.69) is 21.2 Å². The van der Waals surface area contributed by atoms with Gasteiger partial charge in [0, 0.05) is 10.2 Å². The summed E-state index contributed by atoms with van der Waals surface area (Å²) in [6.45, 7) is 2.36. The normalized spacial score (nSPS) is 9.50. The lowest BCUT2D eigenvalue weighted by molar-refractivity contribution is -0.106. The van der Waals surface area contributed by atoms with Crippen molar-refractivity contribution in [2.75, 3.05) is 11.9 Å². The van der Waals surface area contributed by atoms with Crippen molar-refractivity contribution < 1.29 is 4.79 Å². The third-order valence-corrected chi connectivity index (χ3v) is 2.06. The van der Waals surface area contributed by atoms with Crippen molar-refractivity contribution in [3.63, 3.8) is 0 Å². The summed E-state index contributed by atoms with van der Waals surface area (Å²) < 4.78 is 1.05. The number of aldehydes is 1. The topological polar surface area (TPSA) is 29.1 Å². The van der Waals surface area contributed by atoms with Crippen molar-refractivity contribution in [2.45, 2.75) is 6.92 Å². The van der Waals surface area contributed by atoms with Gasteiger partial charge in [-0.3, -0.25) is 0 Å². The Morgan fingerprint density at radius 2 is 2.33 bits per heavy atom. The van der Waals surface area contributed by atoms with E-state index in [1.54, 1.807) is 0 Å². The fourth-order valence-corrected chi connectivity index (χ4v) is 1.45. The quantitative estimate of drug-likeness (QED) is 0.804. The molecule has 1 aromatic rings. The van der Waals surface area contributed by atoms with Gasteiger partial charge in [0.25, 0.3) is 0 Å². The van der Waals surface area contributed by atoms with Crippen LogP contribution in [0.4, 0.5) is 5.69 Å². The lowest BCUT2D eigenvalue weighted by Crippen LogP contribution is -2.03. The van der Waals surface area contributed by atoms with Gasteiger partial charge in [0.15, 0.2) is 0 Å². The Hall–Kier alpha value is -0.830. The molecule has 3 heteroatoms. The summed E-state index contributed by atoms with van der Waals surface area (Å²) in [5, 5.41) is 3.00. The summed E-state index contributed by atoms with van der Waals surface area (Å²) in [5.74, 6) is 0. The Morgan fingerprint density at radius 1 is 1.58 bits per heavy atom. The number of nitrogens with one attached hydrogen (secondary N) is 1. The van der Waals surface area contributed by atoms with Gasteiger partial charge in [-0.1, -0.05) is 15.9 Å². The van der Waals surface area contributed by atoms with Crippen LogP contribution in [-0.4, -0.2) is 12.8 Å². The van der Waals surface area contributed by atoms with E-state index in [0.717, 1.165) is 22.0 Å². The maximum Gasteiger partial charge on any atom is 0.139 e. The lowest BCUT2D eigenvalue weighted by atomic mass is 10.2. The van der Waals surface area contributed by atoms with Gasteiger partial charge < -0.3 is 10.1 Å². The minimum atomic E-state index is 0.364. The average Bonchev–Trinajstić information content (AvgIpc) is 2.03. The summed E-state index contributed by atoms with van der Waals surface area (Å²) in [7, 11) is 0. The molecule has 1 N–H and O–H groups in total. The molecule has 0 heterocycles. The Balaban J connectivity index is 2.78. The molecule has 0 aromatic heterocycles. The standard InChI is InChI=1S/C9H10BrNO/c1-7-6-8(10)2-3-9(7)11-4-5-12/h2-3,5-6,11H,4H2,1H3. The predicted molar refractivity (Wildman–Crippen MR) is 53.4 cm³/mol. The van der Waals surface area contributed by atoms with Gasteiger partial charge in [-0.05, 0) is 30.7 Å². The molecule has 0 aliphatic heterocycles. The summed E-state index contributed by atoms with van der Waals surface area (Å²) in [6.07, 6.45) is 0.849. The molecule has 0 bridgehead atoms. The fourth-order valence-electron chi connectivity index (χ4n) is 0.977. The van der Waals surface area contributed by atoms with Crippen LogP contribution in [0, 0.1) is 6.92 Å². The second kappa shape index (κ2) is 4.26. The maximum atomic E-state index is 10.1. The summed E-state index contributed by atoms with van der Waals surface area (Å²) in [6, 6.07) is 5.90. The Bertz CT molecular complexity index is 286. The van der Waals surface area contributed by atoms with E-state index in [1.807, 2.05) is 25.1 Å². The SMILES string of the molecule is Cc1cc(Br)ccc1NCC=O. The zero-order valence-electron chi connectivity index (χ0n) is 6.80. The molecule has 2 nitrogen and oxygen atoms in total. The number of carbonyl (C=O) groups is 1. The smallest absolute Gasteiger partial charge is 0.139 e. The van der Waals surface area contributed by atoms with Gasteiger partial charge >= 0.3 is 0 Å². The molecule has 0 amide bonds. The molecule has 0 fully saturated rings.